The molecule has 6 nitrogen and oxygen atoms in total. The zero-order valence-corrected chi connectivity index (χ0v) is 14.3. The molecule has 0 saturated heterocycles. The summed E-state index contributed by atoms with van der Waals surface area (Å²) >= 11 is 5.20. The summed E-state index contributed by atoms with van der Waals surface area (Å²) in [6.45, 7) is 0.582. The summed E-state index contributed by atoms with van der Waals surface area (Å²) in [4.78, 5) is 0.0915. The lowest BCUT2D eigenvalue weighted by atomic mass is 10.1. The molecule has 2 aromatic carbocycles. The van der Waals surface area contributed by atoms with Crippen molar-refractivity contribution >= 4 is 33.0 Å². The number of nitrogens with zero attached hydrogens (tertiary/aromatic N) is 1. The molecule has 2 aromatic rings. The largest absolute Gasteiger partial charge is 0.362 e. The van der Waals surface area contributed by atoms with E-state index in [1.807, 2.05) is 6.07 Å². The Labute approximate surface area is 146 Å². The van der Waals surface area contributed by atoms with E-state index in [1.54, 1.807) is 30.3 Å². The van der Waals surface area contributed by atoms with Gasteiger partial charge in [-0.15, -0.1) is 0 Å². The van der Waals surface area contributed by atoms with Gasteiger partial charge in [0.25, 0.3) is 0 Å². The minimum atomic E-state index is -3.66. The highest BCUT2D eigenvalue weighted by molar-refractivity contribution is 7.89. The molecule has 0 aromatic heterocycles. The van der Waals surface area contributed by atoms with E-state index in [0.29, 0.717) is 23.6 Å². The van der Waals surface area contributed by atoms with Crippen molar-refractivity contribution in [2.45, 2.75) is 11.3 Å². The average molecular weight is 360 g/mol. The summed E-state index contributed by atoms with van der Waals surface area (Å²) in [6, 6.07) is 15.5. The van der Waals surface area contributed by atoms with Crippen LogP contribution in [0.2, 0.25) is 0 Å². The van der Waals surface area contributed by atoms with Crippen molar-refractivity contribution in [3.05, 3.63) is 59.7 Å². The van der Waals surface area contributed by atoms with Crippen molar-refractivity contribution in [2.75, 3.05) is 11.9 Å². The smallest absolute Gasteiger partial charge is 0.238 e. The lowest BCUT2D eigenvalue weighted by molar-refractivity contribution is 0.598. The molecule has 0 radical (unpaired) electrons. The highest BCUT2D eigenvalue weighted by Gasteiger charge is 2.06. The van der Waals surface area contributed by atoms with Gasteiger partial charge in [0.05, 0.1) is 16.5 Å². The van der Waals surface area contributed by atoms with E-state index < -0.39 is 10.0 Å². The van der Waals surface area contributed by atoms with Crippen LogP contribution in [0.15, 0.2) is 53.4 Å². The number of nitrogens with two attached hydrogens (primary N) is 1. The second-order valence-electron chi connectivity index (χ2n) is 5.01. The van der Waals surface area contributed by atoms with E-state index >= 15 is 0 Å². The number of nitriles is 1. The Hall–Kier alpha value is -2.47. The molecule has 8 heteroatoms. The van der Waals surface area contributed by atoms with Gasteiger partial charge in [-0.05, 0) is 54.5 Å². The number of thiocarbonyl (C=S) groups is 1. The maximum atomic E-state index is 11.2. The number of anilines is 1. The van der Waals surface area contributed by atoms with Gasteiger partial charge in [-0.2, -0.15) is 5.26 Å². The topological polar surface area (TPSA) is 108 Å². The van der Waals surface area contributed by atoms with Gasteiger partial charge in [-0.25, -0.2) is 13.6 Å². The van der Waals surface area contributed by atoms with Crippen molar-refractivity contribution in [3.8, 4) is 6.07 Å². The number of hydrogen-bond acceptors (Lipinski definition) is 4. The molecule has 0 amide bonds. The normalized spacial score (nSPS) is 10.7. The van der Waals surface area contributed by atoms with Crippen molar-refractivity contribution < 1.29 is 8.42 Å². The first-order valence-corrected chi connectivity index (χ1v) is 9.01. The fourth-order valence-electron chi connectivity index (χ4n) is 2.01. The van der Waals surface area contributed by atoms with Crippen LogP contribution in [0.25, 0.3) is 0 Å². The zero-order chi connectivity index (χ0) is 17.6. The maximum Gasteiger partial charge on any atom is 0.238 e. The quantitative estimate of drug-likeness (QED) is 0.701. The monoisotopic (exact) mass is 360 g/mol. The van der Waals surface area contributed by atoms with Crippen LogP contribution in [0.3, 0.4) is 0 Å². The van der Waals surface area contributed by atoms with Gasteiger partial charge >= 0.3 is 0 Å². The Morgan fingerprint density at radius 1 is 1.21 bits per heavy atom. The van der Waals surface area contributed by atoms with E-state index in [1.165, 1.54) is 12.1 Å². The van der Waals surface area contributed by atoms with Gasteiger partial charge < -0.3 is 10.6 Å². The molecule has 124 valence electrons. The molecule has 0 saturated carbocycles. The average Bonchev–Trinajstić information content (AvgIpc) is 2.54. The van der Waals surface area contributed by atoms with Crippen LogP contribution >= 0.6 is 12.2 Å². The van der Waals surface area contributed by atoms with Gasteiger partial charge in [-0.3, -0.25) is 0 Å². The summed E-state index contributed by atoms with van der Waals surface area (Å²) in [6.07, 6.45) is 0.672. The third-order valence-corrected chi connectivity index (χ3v) is 4.38. The summed E-state index contributed by atoms with van der Waals surface area (Å²) < 4.78 is 22.4. The van der Waals surface area contributed by atoms with Crippen LogP contribution in [0.4, 0.5) is 5.69 Å². The predicted octanol–water partition coefficient (Wildman–Crippen LogP) is 1.73. The van der Waals surface area contributed by atoms with Crippen LogP contribution in [-0.4, -0.2) is 20.1 Å². The lowest BCUT2D eigenvalue weighted by Gasteiger charge is -2.11. The Morgan fingerprint density at radius 2 is 1.92 bits per heavy atom. The predicted molar refractivity (Wildman–Crippen MR) is 96.9 cm³/mol. The van der Waals surface area contributed by atoms with Crippen LogP contribution < -0.4 is 15.8 Å². The number of sulfonamides is 1. The van der Waals surface area contributed by atoms with Crippen LogP contribution in [0, 0.1) is 11.3 Å². The molecule has 0 spiro atoms. The molecule has 0 atom stereocenters. The van der Waals surface area contributed by atoms with Gasteiger partial charge in [0.1, 0.15) is 0 Å². The molecule has 0 heterocycles. The third-order valence-electron chi connectivity index (χ3n) is 3.20. The molecule has 0 aliphatic heterocycles. The van der Waals surface area contributed by atoms with Crippen molar-refractivity contribution in [1.82, 2.24) is 5.32 Å². The summed E-state index contributed by atoms with van der Waals surface area (Å²) in [5.74, 6) is 0. The van der Waals surface area contributed by atoms with Crippen molar-refractivity contribution in [1.29, 1.82) is 5.26 Å². The van der Waals surface area contributed by atoms with E-state index in [9.17, 15) is 8.42 Å². The van der Waals surface area contributed by atoms with E-state index in [-0.39, 0.29) is 4.90 Å². The van der Waals surface area contributed by atoms with E-state index in [0.717, 1.165) is 11.3 Å². The number of hydrogen-bond donors (Lipinski definition) is 3. The van der Waals surface area contributed by atoms with Gasteiger partial charge in [0.15, 0.2) is 5.11 Å². The second kappa shape index (κ2) is 7.88. The Morgan fingerprint density at radius 3 is 2.54 bits per heavy atom. The maximum absolute atomic E-state index is 11.2. The molecular formula is C16H16N4O2S2. The van der Waals surface area contributed by atoms with Crippen LogP contribution in [0.1, 0.15) is 11.1 Å². The Kier molecular flexibility index (Phi) is 5.87. The zero-order valence-electron chi connectivity index (χ0n) is 12.7. The molecule has 4 N–H and O–H groups in total. The molecule has 0 bridgehead atoms. The van der Waals surface area contributed by atoms with Crippen molar-refractivity contribution in [2.24, 2.45) is 5.14 Å². The number of rotatable bonds is 5. The SMILES string of the molecule is N#Cc1cccc(NC(=S)NCCc2ccc(S(N)(=O)=O)cc2)c1. The highest BCUT2D eigenvalue weighted by atomic mass is 32.2. The number of primary sulfonamides is 1. The molecule has 24 heavy (non-hydrogen) atoms. The molecule has 2 rings (SSSR count). The van der Waals surface area contributed by atoms with Crippen molar-refractivity contribution in [3.63, 3.8) is 0 Å². The highest BCUT2D eigenvalue weighted by Crippen LogP contribution is 2.10. The third kappa shape index (κ3) is 5.31. The van der Waals surface area contributed by atoms with Gasteiger partial charge in [0.2, 0.25) is 10.0 Å². The Balaban J connectivity index is 1.83. The minimum Gasteiger partial charge on any atom is -0.362 e. The van der Waals surface area contributed by atoms with Gasteiger partial charge in [0, 0.05) is 12.2 Å². The van der Waals surface area contributed by atoms with E-state index in [2.05, 4.69) is 16.7 Å². The fourth-order valence-corrected chi connectivity index (χ4v) is 2.74. The molecule has 0 unspecified atom stereocenters. The first-order chi connectivity index (χ1) is 11.4. The van der Waals surface area contributed by atoms with Crippen LogP contribution in [0.5, 0.6) is 0 Å². The second-order valence-corrected chi connectivity index (χ2v) is 6.98. The van der Waals surface area contributed by atoms with Gasteiger partial charge in [-0.1, -0.05) is 18.2 Å². The first-order valence-electron chi connectivity index (χ1n) is 7.05. The molecule has 0 fully saturated rings. The lowest BCUT2D eigenvalue weighted by Crippen LogP contribution is -2.30. The minimum absolute atomic E-state index is 0.0915. The summed E-state index contributed by atoms with van der Waals surface area (Å²) in [5.41, 5.74) is 2.26. The summed E-state index contributed by atoms with van der Waals surface area (Å²) in [7, 11) is -3.66. The first kappa shape index (κ1) is 17.9. The standard InChI is InChI=1S/C16H16N4O2S2/c17-11-13-2-1-3-14(10-13)20-16(23)19-9-8-12-4-6-15(7-5-12)24(18,21)22/h1-7,10H,8-9H2,(H2,18,21,22)(H2,19,20,23). The Bertz CT molecular complexity index is 872. The fraction of sp³-hybridized carbons (Fsp3) is 0.125. The van der Waals surface area contributed by atoms with E-state index in [4.69, 9.17) is 22.6 Å². The molecule has 0 aliphatic rings. The molecular weight excluding hydrogens is 344 g/mol. The van der Waals surface area contributed by atoms with Crippen LogP contribution in [-0.2, 0) is 16.4 Å². The number of benzene rings is 2. The molecule has 0 aliphatic carbocycles. The number of nitrogens with one attached hydrogen (secondary N) is 2. The summed E-state index contributed by atoms with van der Waals surface area (Å²) in [5, 5.41) is 20.4.